The first kappa shape index (κ1) is 22.7. The SMILES string of the molecule is Cc1cc(-c2cccc(Oc3cccc([Si@]4(c5ccccn5)C5=CCCC=C5c5ccccc54)c3)c2)n[nH]1. The Bertz CT molecular complexity index is 1720. The van der Waals surface area contributed by atoms with E-state index in [-0.39, 0.29) is 0 Å². The zero-order valence-corrected chi connectivity index (χ0v) is 22.2. The van der Waals surface area contributed by atoms with Crippen LogP contribution in [0.2, 0.25) is 0 Å². The first-order chi connectivity index (χ1) is 18.7. The molecule has 0 amide bonds. The lowest BCUT2D eigenvalue weighted by Gasteiger charge is -2.31. The van der Waals surface area contributed by atoms with Gasteiger partial charge in [0, 0.05) is 22.8 Å². The highest BCUT2D eigenvalue weighted by Gasteiger charge is 2.52. The van der Waals surface area contributed by atoms with Crippen molar-refractivity contribution in [1.29, 1.82) is 0 Å². The van der Waals surface area contributed by atoms with Crippen LogP contribution in [-0.4, -0.2) is 23.3 Å². The van der Waals surface area contributed by atoms with Gasteiger partial charge in [-0.2, -0.15) is 5.10 Å². The molecule has 3 aromatic carbocycles. The van der Waals surface area contributed by atoms with E-state index >= 15 is 0 Å². The van der Waals surface area contributed by atoms with Crippen LogP contribution in [0.4, 0.5) is 0 Å². The fraction of sp³-hybridized carbons (Fsp3) is 0.0909. The number of aromatic nitrogens is 3. The number of pyridine rings is 1. The number of fused-ring (bicyclic) bond motifs is 3. The average molecular weight is 510 g/mol. The highest BCUT2D eigenvalue weighted by atomic mass is 28.3. The van der Waals surface area contributed by atoms with Crippen molar-refractivity contribution in [2.75, 3.05) is 0 Å². The zero-order valence-electron chi connectivity index (χ0n) is 21.2. The van der Waals surface area contributed by atoms with E-state index in [0.717, 1.165) is 46.6 Å². The fourth-order valence-electron chi connectivity index (χ4n) is 6.01. The first-order valence-corrected chi connectivity index (χ1v) is 15.1. The Morgan fingerprint density at radius 2 is 1.61 bits per heavy atom. The monoisotopic (exact) mass is 509 g/mol. The minimum atomic E-state index is -2.59. The Labute approximate surface area is 223 Å². The van der Waals surface area contributed by atoms with Crippen LogP contribution in [-0.2, 0) is 0 Å². The molecule has 0 bridgehead atoms. The number of allylic oxidation sites excluding steroid dienone is 4. The molecule has 5 aromatic rings. The molecule has 0 fully saturated rings. The predicted octanol–water partition coefficient (Wildman–Crippen LogP) is 5.70. The van der Waals surface area contributed by atoms with Gasteiger partial charge in [0.2, 0.25) is 8.07 Å². The van der Waals surface area contributed by atoms with Gasteiger partial charge in [0.15, 0.2) is 0 Å². The molecule has 1 aliphatic heterocycles. The summed E-state index contributed by atoms with van der Waals surface area (Å²) in [6, 6.07) is 34.1. The summed E-state index contributed by atoms with van der Waals surface area (Å²) < 4.78 is 6.48. The van der Waals surface area contributed by atoms with Gasteiger partial charge >= 0.3 is 0 Å². The van der Waals surface area contributed by atoms with Gasteiger partial charge in [-0.05, 0) is 88.9 Å². The Kier molecular flexibility index (Phi) is 5.45. The largest absolute Gasteiger partial charge is 0.457 e. The lowest BCUT2D eigenvalue weighted by molar-refractivity contribution is 0.483. The highest BCUT2D eigenvalue weighted by Crippen LogP contribution is 2.40. The smallest absolute Gasteiger partial charge is 0.202 e. The summed E-state index contributed by atoms with van der Waals surface area (Å²) in [7, 11) is -2.59. The standard InChI is InChI=1S/C33H27N3OSi/c1-23-20-30(36-35-23)24-10-8-11-25(21-24)37-26-12-9-13-27(22-26)38(33-18-6-7-19-34-33)31-16-4-2-14-28(31)29-15-3-5-17-32(29)38/h2,4,6-22H,3,5H2,1H3,(H,35,36)/t38-/m1/s1. The summed E-state index contributed by atoms with van der Waals surface area (Å²) in [5.41, 5.74) is 5.70. The van der Waals surface area contributed by atoms with E-state index in [1.54, 1.807) is 0 Å². The summed E-state index contributed by atoms with van der Waals surface area (Å²) >= 11 is 0. The molecular formula is C33H27N3OSi. The molecule has 4 nitrogen and oxygen atoms in total. The first-order valence-electron chi connectivity index (χ1n) is 13.1. The Balaban J connectivity index is 1.37. The summed E-state index contributed by atoms with van der Waals surface area (Å²) in [6.07, 6.45) is 8.97. The van der Waals surface area contributed by atoms with Crippen LogP contribution in [0.15, 0.2) is 121 Å². The van der Waals surface area contributed by atoms with Crippen LogP contribution in [0.5, 0.6) is 11.5 Å². The molecule has 38 heavy (non-hydrogen) atoms. The second-order valence-electron chi connectivity index (χ2n) is 9.92. The maximum Gasteiger partial charge on any atom is 0.202 e. The zero-order chi connectivity index (χ0) is 25.5. The van der Waals surface area contributed by atoms with E-state index in [1.165, 1.54) is 26.7 Å². The number of rotatable bonds is 5. The molecule has 0 unspecified atom stereocenters. The summed E-state index contributed by atoms with van der Waals surface area (Å²) in [5.74, 6) is 1.62. The second kappa shape index (κ2) is 9.12. The van der Waals surface area contributed by atoms with Crippen molar-refractivity contribution in [3.8, 4) is 22.8 Å². The molecule has 0 radical (unpaired) electrons. The van der Waals surface area contributed by atoms with E-state index in [0.29, 0.717) is 0 Å². The number of nitrogens with one attached hydrogen (secondary N) is 1. The molecule has 3 heterocycles. The van der Waals surface area contributed by atoms with Crippen molar-refractivity contribution >= 4 is 29.3 Å². The quantitative estimate of drug-likeness (QED) is 0.309. The molecule has 0 saturated carbocycles. The predicted molar refractivity (Wildman–Crippen MR) is 156 cm³/mol. The molecule has 5 heteroatoms. The van der Waals surface area contributed by atoms with E-state index in [9.17, 15) is 0 Å². The fourth-order valence-corrected chi connectivity index (χ4v) is 11.1. The van der Waals surface area contributed by atoms with Crippen LogP contribution >= 0.6 is 0 Å². The third-order valence-electron chi connectivity index (χ3n) is 7.57. The lowest BCUT2D eigenvalue weighted by Crippen LogP contribution is -2.67. The van der Waals surface area contributed by atoms with Crippen LogP contribution in [0.1, 0.15) is 24.1 Å². The number of ether oxygens (including phenoxy) is 1. The minimum absolute atomic E-state index is 0.790. The van der Waals surface area contributed by atoms with E-state index in [4.69, 9.17) is 9.72 Å². The van der Waals surface area contributed by atoms with Crippen LogP contribution in [0.3, 0.4) is 0 Å². The van der Waals surface area contributed by atoms with Crippen molar-refractivity contribution in [3.63, 3.8) is 0 Å². The third-order valence-corrected chi connectivity index (χ3v) is 12.3. The van der Waals surface area contributed by atoms with Gasteiger partial charge in [-0.3, -0.25) is 10.1 Å². The number of hydrogen-bond acceptors (Lipinski definition) is 3. The summed E-state index contributed by atoms with van der Waals surface area (Å²) in [4.78, 5) is 5.00. The van der Waals surface area contributed by atoms with Crippen molar-refractivity contribution in [3.05, 3.63) is 132 Å². The number of aromatic amines is 1. The maximum atomic E-state index is 6.48. The number of benzene rings is 3. The Morgan fingerprint density at radius 3 is 2.45 bits per heavy atom. The molecule has 7 rings (SSSR count). The molecule has 1 N–H and O–H groups in total. The number of H-pyrrole nitrogens is 1. The van der Waals surface area contributed by atoms with Gasteiger partial charge in [-0.25, -0.2) is 0 Å². The highest BCUT2D eigenvalue weighted by molar-refractivity contribution is 7.18. The average Bonchev–Trinajstić information content (AvgIpc) is 3.54. The van der Waals surface area contributed by atoms with Gasteiger partial charge in [0.1, 0.15) is 11.5 Å². The summed E-state index contributed by atoms with van der Waals surface area (Å²) in [5, 5.41) is 12.7. The maximum absolute atomic E-state index is 6.48. The molecule has 2 aromatic heterocycles. The Hall–Kier alpha value is -4.48. The molecule has 184 valence electrons. The van der Waals surface area contributed by atoms with E-state index < -0.39 is 8.07 Å². The van der Waals surface area contributed by atoms with Crippen molar-refractivity contribution in [2.45, 2.75) is 19.8 Å². The number of aryl methyl sites for hydroxylation is 1. The minimum Gasteiger partial charge on any atom is -0.457 e. The summed E-state index contributed by atoms with van der Waals surface area (Å²) in [6.45, 7) is 2.01. The lowest BCUT2D eigenvalue weighted by atomic mass is 10.00. The van der Waals surface area contributed by atoms with Gasteiger partial charge in [-0.1, -0.05) is 66.7 Å². The Morgan fingerprint density at radius 1 is 0.789 bits per heavy atom. The molecule has 2 aliphatic rings. The normalized spacial score (nSPS) is 17.8. The molecule has 1 atom stereocenters. The number of nitrogens with zero attached hydrogens (tertiary/aromatic N) is 2. The van der Waals surface area contributed by atoms with E-state index in [1.807, 2.05) is 49.5 Å². The van der Waals surface area contributed by atoms with Crippen molar-refractivity contribution in [1.82, 2.24) is 15.2 Å². The van der Waals surface area contributed by atoms with Crippen molar-refractivity contribution in [2.24, 2.45) is 0 Å². The third kappa shape index (κ3) is 3.58. The van der Waals surface area contributed by atoms with Gasteiger partial charge < -0.3 is 4.74 Å². The molecular weight excluding hydrogens is 482 g/mol. The van der Waals surface area contributed by atoms with Gasteiger partial charge in [0.25, 0.3) is 0 Å². The molecule has 1 aliphatic carbocycles. The molecule has 0 saturated heterocycles. The molecule has 0 spiro atoms. The second-order valence-corrected chi connectivity index (χ2v) is 13.6. The van der Waals surface area contributed by atoms with E-state index in [2.05, 4.69) is 83.0 Å². The topological polar surface area (TPSA) is 50.8 Å². The van der Waals surface area contributed by atoms with Crippen LogP contribution in [0.25, 0.3) is 16.8 Å². The van der Waals surface area contributed by atoms with Gasteiger partial charge in [-0.15, -0.1) is 0 Å². The number of hydrogen-bond donors (Lipinski definition) is 1. The van der Waals surface area contributed by atoms with Gasteiger partial charge in [0.05, 0.1) is 5.69 Å². The van der Waals surface area contributed by atoms with Crippen LogP contribution < -0.4 is 20.4 Å². The van der Waals surface area contributed by atoms with Crippen LogP contribution in [0, 0.1) is 6.92 Å². The van der Waals surface area contributed by atoms with Crippen molar-refractivity contribution < 1.29 is 4.74 Å².